The number of hydrogen-bond acceptors (Lipinski definition) is 5. The van der Waals surface area contributed by atoms with E-state index in [9.17, 15) is 4.21 Å². The highest BCUT2D eigenvalue weighted by Crippen LogP contribution is 2.40. The molecule has 0 spiro atoms. The summed E-state index contributed by atoms with van der Waals surface area (Å²) in [5.74, 6) is 3.39. The maximum atomic E-state index is 11.4. The maximum absolute atomic E-state index is 11.4. The minimum atomic E-state index is -0.645. The number of rotatable bonds is 5. The maximum Gasteiger partial charge on any atom is 0.203 e. The lowest BCUT2D eigenvalue weighted by Gasteiger charge is -2.24. The molecule has 1 saturated heterocycles. The van der Waals surface area contributed by atoms with E-state index in [0.29, 0.717) is 23.3 Å². The third kappa shape index (κ3) is 3.36. The Morgan fingerprint density at radius 2 is 1.60 bits per heavy atom. The lowest BCUT2D eigenvalue weighted by Crippen LogP contribution is -2.29. The molecule has 20 heavy (non-hydrogen) atoms. The molecule has 1 N–H and O–H groups in total. The number of methoxy groups -OCH3 is 3. The van der Waals surface area contributed by atoms with Crippen LogP contribution in [-0.4, -0.2) is 43.1 Å². The van der Waals surface area contributed by atoms with E-state index >= 15 is 0 Å². The lowest BCUT2D eigenvalue weighted by atomic mass is 10.1. The van der Waals surface area contributed by atoms with Gasteiger partial charge in [0.25, 0.3) is 0 Å². The molecule has 0 aromatic heterocycles. The molecule has 1 fully saturated rings. The Balaban J connectivity index is 2.17. The van der Waals surface area contributed by atoms with Gasteiger partial charge in [-0.15, -0.1) is 0 Å². The van der Waals surface area contributed by atoms with Crippen LogP contribution in [0.2, 0.25) is 0 Å². The lowest BCUT2D eigenvalue weighted by molar-refractivity contribution is 0.324. The first-order valence-electron chi connectivity index (χ1n) is 6.59. The highest BCUT2D eigenvalue weighted by Gasteiger charge is 2.19. The molecule has 1 heterocycles. The van der Waals surface area contributed by atoms with Crippen molar-refractivity contribution >= 4 is 16.5 Å². The molecule has 112 valence electrons. The van der Waals surface area contributed by atoms with E-state index in [1.54, 1.807) is 21.3 Å². The van der Waals surface area contributed by atoms with Crippen LogP contribution in [0, 0.1) is 0 Å². The average Bonchev–Trinajstić information content (AvgIpc) is 2.48. The minimum absolute atomic E-state index is 0.343. The van der Waals surface area contributed by atoms with E-state index < -0.39 is 10.8 Å². The predicted octanol–water partition coefficient (Wildman–Crippen LogP) is 2.04. The number of anilines is 1. The summed E-state index contributed by atoms with van der Waals surface area (Å²) in [6.45, 7) is 0. The quantitative estimate of drug-likeness (QED) is 0.901. The zero-order valence-corrected chi connectivity index (χ0v) is 12.9. The summed E-state index contributed by atoms with van der Waals surface area (Å²) in [7, 11) is 4.15. The van der Waals surface area contributed by atoms with E-state index in [1.807, 2.05) is 12.1 Å². The topological polar surface area (TPSA) is 56.8 Å². The number of benzene rings is 1. The molecule has 1 aliphatic heterocycles. The molecular weight excluding hydrogens is 278 g/mol. The average molecular weight is 299 g/mol. The van der Waals surface area contributed by atoms with Crippen LogP contribution in [0.5, 0.6) is 17.2 Å². The zero-order chi connectivity index (χ0) is 14.5. The van der Waals surface area contributed by atoms with Gasteiger partial charge < -0.3 is 19.5 Å². The second-order valence-electron chi connectivity index (χ2n) is 4.68. The van der Waals surface area contributed by atoms with Crippen LogP contribution >= 0.6 is 0 Å². The fourth-order valence-corrected chi connectivity index (χ4v) is 3.64. The van der Waals surface area contributed by atoms with Crippen molar-refractivity contribution in [1.29, 1.82) is 0 Å². The summed E-state index contributed by atoms with van der Waals surface area (Å²) >= 11 is 0. The van der Waals surface area contributed by atoms with Gasteiger partial charge >= 0.3 is 0 Å². The molecule has 0 saturated carbocycles. The molecule has 0 aliphatic carbocycles. The Hall–Kier alpha value is -1.43. The fraction of sp³-hybridized carbons (Fsp3) is 0.571. The molecule has 5 nitrogen and oxygen atoms in total. The molecule has 0 atom stereocenters. The molecular formula is C14H21NO4S. The molecule has 1 aromatic carbocycles. The Kier molecular flexibility index (Phi) is 5.11. The molecule has 0 bridgehead atoms. The first-order chi connectivity index (χ1) is 9.67. The Labute approximate surface area is 122 Å². The summed E-state index contributed by atoms with van der Waals surface area (Å²) in [4.78, 5) is 0. The smallest absolute Gasteiger partial charge is 0.203 e. The Bertz CT molecular complexity index is 457. The van der Waals surface area contributed by atoms with Crippen molar-refractivity contribution in [3.63, 3.8) is 0 Å². The first kappa shape index (κ1) is 15.0. The predicted molar refractivity (Wildman–Crippen MR) is 80.6 cm³/mol. The van der Waals surface area contributed by atoms with E-state index in [1.165, 1.54) is 0 Å². The van der Waals surface area contributed by atoms with Gasteiger partial charge in [0.05, 0.1) is 21.3 Å². The van der Waals surface area contributed by atoms with E-state index in [0.717, 1.165) is 30.0 Å². The second-order valence-corrected chi connectivity index (χ2v) is 6.38. The third-order valence-corrected chi connectivity index (χ3v) is 4.81. The molecule has 0 radical (unpaired) electrons. The summed E-state index contributed by atoms with van der Waals surface area (Å²) in [5, 5.41) is 3.45. The molecule has 1 aromatic rings. The SMILES string of the molecule is COc1cc(NC2CCS(=O)CC2)cc(OC)c1OC. The second kappa shape index (κ2) is 6.83. The van der Waals surface area contributed by atoms with Crippen LogP contribution in [0.4, 0.5) is 5.69 Å². The van der Waals surface area contributed by atoms with Crippen LogP contribution in [0.3, 0.4) is 0 Å². The van der Waals surface area contributed by atoms with Gasteiger partial charge in [-0.2, -0.15) is 0 Å². The van der Waals surface area contributed by atoms with Gasteiger partial charge in [-0.05, 0) is 12.8 Å². The van der Waals surface area contributed by atoms with Crippen molar-refractivity contribution < 1.29 is 18.4 Å². The van der Waals surface area contributed by atoms with Gasteiger partial charge in [-0.3, -0.25) is 4.21 Å². The summed E-state index contributed by atoms with van der Waals surface area (Å²) < 4.78 is 27.3. The molecule has 2 rings (SSSR count). The highest BCUT2D eigenvalue weighted by molar-refractivity contribution is 7.85. The summed E-state index contributed by atoms with van der Waals surface area (Å²) in [6.07, 6.45) is 1.84. The standard InChI is InChI=1S/C14H21NO4S/c1-17-12-8-11(9-13(18-2)14(12)19-3)15-10-4-6-20(16)7-5-10/h8-10,15H,4-7H2,1-3H3. The van der Waals surface area contributed by atoms with Gasteiger partial charge in [0.15, 0.2) is 11.5 Å². The van der Waals surface area contributed by atoms with Gasteiger partial charge in [0.1, 0.15) is 0 Å². The highest BCUT2D eigenvalue weighted by atomic mass is 32.2. The number of ether oxygens (including phenoxy) is 3. The van der Waals surface area contributed by atoms with Crippen molar-refractivity contribution in [2.75, 3.05) is 38.2 Å². The Morgan fingerprint density at radius 1 is 1.05 bits per heavy atom. The minimum Gasteiger partial charge on any atom is -0.493 e. The van der Waals surface area contributed by atoms with Crippen LogP contribution in [-0.2, 0) is 10.8 Å². The first-order valence-corrected chi connectivity index (χ1v) is 8.08. The molecule has 0 amide bonds. The molecule has 1 aliphatic rings. The van der Waals surface area contributed by atoms with Gasteiger partial charge in [-0.25, -0.2) is 0 Å². The van der Waals surface area contributed by atoms with E-state index in [4.69, 9.17) is 14.2 Å². The fourth-order valence-electron chi connectivity index (χ4n) is 2.34. The van der Waals surface area contributed by atoms with Crippen molar-refractivity contribution in [2.45, 2.75) is 18.9 Å². The Morgan fingerprint density at radius 3 is 2.05 bits per heavy atom. The molecule has 0 unspecified atom stereocenters. The normalized spacial score (nSPS) is 22.1. The van der Waals surface area contributed by atoms with E-state index in [-0.39, 0.29) is 0 Å². The largest absolute Gasteiger partial charge is 0.493 e. The van der Waals surface area contributed by atoms with Crippen molar-refractivity contribution in [2.24, 2.45) is 0 Å². The summed E-state index contributed by atoms with van der Waals surface area (Å²) in [5.41, 5.74) is 0.928. The van der Waals surface area contributed by atoms with Crippen LogP contribution in [0.15, 0.2) is 12.1 Å². The van der Waals surface area contributed by atoms with Gasteiger partial charge in [0.2, 0.25) is 5.75 Å². The van der Waals surface area contributed by atoms with Crippen molar-refractivity contribution in [1.82, 2.24) is 0 Å². The molecule has 6 heteroatoms. The van der Waals surface area contributed by atoms with Crippen LogP contribution in [0.25, 0.3) is 0 Å². The van der Waals surface area contributed by atoms with Crippen LogP contribution < -0.4 is 19.5 Å². The van der Waals surface area contributed by atoms with Crippen LogP contribution in [0.1, 0.15) is 12.8 Å². The summed E-state index contributed by atoms with van der Waals surface area (Å²) in [6, 6.07) is 4.13. The van der Waals surface area contributed by atoms with Crippen molar-refractivity contribution in [3.05, 3.63) is 12.1 Å². The van der Waals surface area contributed by atoms with Gasteiger partial charge in [0, 0.05) is 46.2 Å². The third-order valence-electron chi connectivity index (χ3n) is 3.42. The van der Waals surface area contributed by atoms with Crippen molar-refractivity contribution in [3.8, 4) is 17.2 Å². The van der Waals surface area contributed by atoms with E-state index in [2.05, 4.69) is 5.32 Å². The monoisotopic (exact) mass is 299 g/mol. The van der Waals surface area contributed by atoms with Gasteiger partial charge in [-0.1, -0.05) is 0 Å². The zero-order valence-electron chi connectivity index (χ0n) is 12.1. The number of hydrogen-bond donors (Lipinski definition) is 1. The number of nitrogens with one attached hydrogen (secondary N) is 1.